The van der Waals surface area contributed by atoms with E-state index < -0.39 is 5.91 Å². The maximum absolute atomic E-state index is 12.5. The number of carbonyl (C=O) groups excluding carboxylic acids is 2. The van der Waals surface area contributed by atoms with Crippen LogP contribution in [0.4, 0.5) is 0 Å². The van der Waals surface area contributed by atoms with Crippen molar-refractivity contribution in [3.63, 3.8) is 0 Å². The minimum absolute atomic E-state index is 0.0456. The normalized spacial score (nSPS) is 13.8. The molecule has 0 saturated carbocycles. The topological polar surface area (TPSA) is 99.0 Å². The van der Waals surface area contributed by atoms with Crippen molar-refractivity contribution in [2.24, 2.45) is 5.10 Å². The number of phenolic OH excluding ortho intramolecular Hbond substituents is 1. The lowest BCUT2D eigenvalue weighted by Crippen LogP contribution is -2.21. The van der Waals surface area contributed by atoms with E-state index in [4.69, 9.17) is 0 Å². The zero-order valence-electron chi connectivity index (χ0n) is 14.9. The number of phenols is 1. The van der Waals surface area contributed by atoms with Gasteiger partial charge in [0.1, 0.15) is 11.5 Å². The van der Waals surface area contributed by atoms with Crippen LogP contribution in [0.3, 0.4) is 0 Å². The van der Waals surface area contributed by atoms with Gasteiger partial charge >= 0.3 is 0 Å². The summed E-state index contributed by atoms with van der Waals surface area (Å²) in [6.07, 6.45) is 0. The number of nitrogens with zero attached hydrogens (tertiary/aromatic N) is 1. The molecular weight excluding hydrogens is 356 g/mol. The molecule has 0 atom stereocenters. The standard InChI is InChI=1S/C22H16N2O4/c1-12(19-20(26)15-8-4-5-9-16(15)21(19)27)23-24-22(28)17-10-13-6-2-3-7-14(13)11-18(17)25/h2-11,25-26H,1H3,(H,24,28)/b23-12+. The molecule has 0 radical (unpaired) electrons. The van der Waals surface area contributed by atoms with Crippen molar-refractivity contribution in [2.45, 2.75) is 6.92 Å². The minimum Gasteiger partial charge on any atom is -0.507 e. The average Bonchev–Trinajstić information content (AvgIpc) is 2.96. The molecule has 138 valence electrons. The van der Waals surface area contributed by atoms with Gasteiger partial charge in [-0.2, -0.15) is 5.10 Å². The number of aromatic hydroxyl groups is 1. The Morgan fingerprint density at radius 2 is 1.54 bits per heavy atom. The summed E-state index contributed by atoms with van der Waals surface area (Å²) in [5.74, 6) is -1.30. The van der Waals surface area contributed by atoms with Gasteiger partial charge in [0.25, 0.3) is 5.91 Å². The molecule has 6 nitrogen and oxygen atoms in total. The van der Waals surface area contributed by atoms with Crippen molar-refractivity contribution >= 4 is 33.9 Å². The average molecular weight is 372 g/mol. The Balaban J connectivity index is 1.61. The van der Waals surface area contributed by atoms with E-state index in [1.807, 2.05) is 24.3 Å². The van der Waals surface area contributed by atoms with Gasteiger partial charge in [-0.3, -0.25) is 9.59 Å². The summed E-state index contributed by atoms with van der Waals surface area (Å²) < 4.78 is 0. The van der Waals surface area contributed by atoms with Crippen LogP contribution in [-0.2, 0) is 0 Å². The number of amides is 1. The largest absolute Gasteiger partial charge is 0.507 e. The predicted octanol–water partition coefficient (Wildman–Crippen LogP) is 3.82. The molecule has 0 aliphatic heterocycles. The van der Waals surface area contributed by atoms with Crippen LogP contribution in [0.2, 0.25) is 0 Å². The van der Waals surface area contributed by atoms with E-state index in [2.05, 4.69) is 10.5 Å². The van der Waals surface area contributed by atoms with Gasteiger partial charge in [-0.05, 0) is 29.8 Å². The van der Waals surface area contributed by atoms with E-state index in [9.17, 15) is 19.8 Å². The Hall–Kier alpha value is -3.93. The molecule has 0 unspecified atom stereocenters. The number of hydrogen-bond acceptors (Lipinski definition) is 5. The molecule has 6 heteroatoms. The van der Waals surface area contributed by atoms with Crippen LogP contribution in [0.5, 0.6) is 5.75 Å². The molecule has 28 heavy (non-hydrogen) atoms. The van der Waals surface area contributed by atoms with E-state index in [1.165, 1.54) is 13.0 Å². The second-order valence-corrected chi connectivity index (χ2v) is 6.45. The molecule has 4 rings (SSSR count). The quantitative estimate of drug-likeness (QED) is 0.481. The first-order valence-electron chi connectivity index (χ1n) is 8.61. The summed E-state index contributed by atoms with van der Waals surface area (Å²) in [4.78, 5) is 25.0. The van der Waals surface area contributed by atoms with Crippen LogP contribution in [0.15, 0.2) is 71.3 Å². The summed E-state index contributed by atoms with van der Waals surface area (Å²) >= 11 is 0. The number of nitrogens with one attached hydrogen (secondary N) is 1. The third-order valence-electron chi connectivity index (χ3n) is 4.69. The first kappa shape index (κ1) is 17.5. The highest BCUT2D eigenvalue weighted by Gasteiger charge is 2.31. The summed E-state index contributed by atoms with van der Waals surface area (Å²) in [5, 5.41) is 26.1. The molecular formula is C22H16N2O4. The van der Waals surface area contributed by atoms with Crippen LogP contribution in [0, 0.1) is 0 Å². The fourth-order valence-electron chi connectivity index (χ4n) is 3.26. The highest BCUT2D eigenvalue weighted by atomic mass is 16.3. The number of fused-ring (bicyclic) bond motifs is 2. The summed E-state index contributed by atoms with van der Waals surface area (Å²) in [6.45, 7) is 1.52. The molecule has 0 aromatic heterocycles. The van der Waals surface area contributed by atoms with Gasteiger partial charge < -0.3 is 10.2 Å². The molecule has 0 saturated heterocycles. The third kappa shape index (κ3) is 2.81. The molecule has 0 heterocycles. The van der Waals surface area contributed by atoms with E-state index in [1.54, 1.807) is 30.3 Å². The first-order chi connectivity index (χ1) is 13.5. The lowest BCUT2D eigenvalue weighted by atomic mass is 10.1. The maximum atomic E-state index is 12.5. The Morgan fingerprint density at radius 3 is 2.21 bits per heavy atom. The molecule has 1 aliphatic rings. The van der Waals surface area contributed by atoms with E-state index >= 15 is 0 Å². The second-order valence-electron chi connectivity index (χ2n) is 6.45. The molecule has 0 spiro atoms. The Labute approximate surface area is 160 Å². The van der Waals surface area contributed by atoms with Gasteiger partial charge in [-0.15, -0.1) is 0 Å². The van der Waals surface area contributed by atoms with Gasteiger partial charge in [-0.25, -0.2) is 5.43 Å². The number of ketones is 1. The fourth-order valence-corrected chi connectivity index (χ4v) is 3.26. The monoisotopic (exact) mass is 372 g/mol. The third-order valence-corrected chi connectivity index (χ3v) is 4.69. The highest BCUT2D eigenvalue weighted by Crippen LogP contribution is 2.31. The minimum atomic E-state index is -0.620. The smallest absolute Gasteiger partial charge is 0.275 e. The van der Waals surface area contributed by atoms with E-state index in [0.717, 1.165) is 10.8 Å². The number of allylic oxidation sites excluding steroid dienone is 1. The molecule has 3 N–H and O–H groups in total. The molecule has 1 amide bonds. The first-order valence-corrected chi connectivity index (χ1v) is 8.61. The van der Waals surface area contributed by atoms with Crippen molar-refractivity contribution in [3.8, 4) is 5.75 Å². The fraction of sp³-hybridized carbons (Fsp3) is 0.0455. The number of benzene rings is 3. The number of aliphatic hydroxyl groups excluding tert-OH is 1. The lowest BCUT2D eigenvalue weighted by Gasteiger charge is -2.07. The number of hydrogen-bond donors (Lipinski definition) is 3. The Kier molecular flexibility index (Phi) is 4.16. The van der Waals surface area contributed by atoms with E-state index in [0.29, 0.717) is 11.1 Å². The second kappa shape index (κ2) is 6.66. The van der Waals surface area contributed by atoms with Crippen molar-refractivity contribution in [1.29, 1.82) is 0 Å². The van der Waals surface area contributed by atoms with Crippen molar-refractivity contribution in [1.82, 2.24) is 5.43 Å². The number of rotatable bonds is 3. The molecule has 0 fully saturated rings. The van der Waals surface area contributed by atoms with Gasteiger partial charge in [-0.1, -0.05) is 48.5 Å². The van der Waals surface area contributed by atoms with Crippen LogP contribution in [0.25, 0.3) is 16.5 Å². The Bertz CT molecular complexity index is 1210. The maximum Gasteiger partial charge on any atom is 0.275 e. The van der Waals surface area contributed by atoms with Crippen LogP contribution in [0.1, 0.15) is 33.2 Å². The molecule has 1 aliphatic carbocycles. The van der Waals surface area contributed by atoms with Gasteiger partial charge in [0, 0.05) is 11.1 Å². The number of Topliss-reactive ketones (excluding diaryl/α,β-unsaturated/α-hetero) is 1. The number of carbonyl (C=O) groups is 2. The molecule has 3 aromatic carbocycles. The lowest BCUT2D eigenvalue weighted by molar-refractivity contribution is 0.0950. The van der Waals surface area contributed by atoms with Crippen LogP contribution >= 0.6 is 0 Å². The highest BCUT2D eigenvalue weighted by molar-refractivity contribution is 6.35. The SMILES string of the molecule is C/C(=N\NC(=O)c1cc2ccccc2cc1O)C1=C(O)c2ccccc2C1=O. The van der Waals surface area contributed by atoms with Crippen LogP contribution in [-0.4, -0.2) is 27.6 Å². The summed E-state index contributed by atoms with van der Waals surface area (Å²) in [5.41, 5.74) is 3.46. The summed E-state index contributed by atoms with van der Waals surface area (Å²) in [7, 11) is 0. The van der Waals surface area contributed by atoms with Gasteiger partial charge in [0.15, 0.2) is 5.78 Å². The zero-order chi connectivity index (χ0) is 19.8. The van der Waals surface area contributed by atoms with Crippen molar-refractivity contribution in [3.05, 3.63) is 82.9 Å². The molecule has 0 bridgehead atoms. The van der Waals surface area contributed by atoms with E-state index in [-0.39, 0.29) is 34.1 Å². The van der Waals surface area contributed by atoms with Crippen molar-refractivity contribution in [2.75, 3.05) is 0 Å². The van der Waals surface area contributed by atoms with Gasteiger partial charge in [0.2, 0.25) is 0 Å². The summed E-state index contributed by atoms with van der Waals surface area (Å²) in [6, 6.07) is 17.1. The zero-order valence-corrected chi connectivity index (χ0v) is 14.9. The van der Waals surface area contributed by atoms with Gasteiger partial charge in [0.05, 0.1) is 16.8 Å². The Morgan fingerprint density at radius 1 is 0.929 bits per heavy atom. The predicted molar refractivity (Wildman–Crippen MR) is 107 cm³/mol. The van der Waals surface area contributed by atoms with Crippen LogP contribution < -0.4 is 5.43 Å². The number of hydrazone groups is 1. The number of aliphatic hydroxyl groups is 1. The molecule has 3 aromatic rings. The van der Waals surface area contributed by atoms with Crippen molar-refractivity contribution < 1.29 is 19.8 Å².